The number of carbonyl (C=O) groups is 2. The molecular formula is C27H26F4N4O4. The Bertz CT molecular complexity index is 1300. The van der Waals surface area contributed by atoms with Crippen LogP contribution < -0.4 is 10.5 Å². The summed E-state index contributed by atoms with van der Waals surface area (Å²) < 4.78 is 50.6. The third-order valence-electron chi connectivity index (χ3n) is 5.93. The van der Waals surface area contributed by atoms with Crippen LogP contribution in [0.5, 0.6) is 5.75 Å². The summed E-state index contributed by atoms with van der Waals surface area (Å²) in [6.45, 7) is 0.439. The zero-order valence-electron chi connectivity index (χ0n) is 20.9. The van der Waals surface area contributed by atoms with Gasteiger partial charge in [0.25, 0.3) is 5.91 Å². The first kappa shape index (κ1) is 29.1. The number of aliphatic imine (C=N–C) groups is 1. The van der Waals surface area contributed by atoms with Crippen molar-refractivity contribution in [1.29, 1.82) is 0 Å². The van der Waals surface area contributed by atoms with Crippen LogP contribution in [0.3, 0.4) is 0 Å². The molecule has 1 aliphatic heterocycles. The number of methoxy groups -OCH3 is 1. The number of rotatable bonds is 8. The maximum absolute atomic E-state index is 13.7. The summed E-state index contributed by atoms with van der Waals surface area (Å²) in [5.74, 6) is -2.43. The van der Waals surface area contributed by atoms with Crippen molar-refractivity contribution in [2.75, 3.05) is 13.7 Å². The van der Waals surface area contributed by atoms with Gasteiger partial charge in [-0.25, -0.2) is 14.2 Å². The molecule has 8 nitrogen and oxygen atoms in total. The standard InChI is InChI=1S/C25H25FN4O2.C2HF3O2/c1-32-22-12-6-18(7-13-22)16-25(20-8-10-21(26)11-9-20)23(31)30(24(27)29-25)15-3-5-19-4-2-14-28-17-19;3-2(4,5)1(6)7/h2,4,6-14,17H,3,5,15-16H2,1H3,(H2,27,29);(H,6,7). The number of halogens is 4. The van der Waals surface area contributed by atoms with Gasteiger partial charge in [0.15, 0.2) is 11.5 Å². The lowest BCUT2D eigenvalue weighted by Gasteiger charge is -2.27. The van der Waals surface area contributed by atoms with Gasteiger partial charge in [0.05, 0.1) is 7.11 Å². The van der Waals surface area contributed by atoms with Gasteiger partial charge in [-0.3, -0.25) is 14.7 Å². The SMILES string of the molecule is COc1ccc(CC2(c3ccc(F)cc3)N=C(N)N(CCCc3cccnc3)C2=O)cc1.O=C(O)C(F)(F)F. The number of benzene rings is 2. The Hall–Kier alpha value is -4.48. The molecule has 1 aliphatic rings. The zero-order valence-corrected chi connectivity index (χ0v) is 20.9. The van der Waals surface area contributed by atoms with Gasteiger partial charge in [-0.1, -0.05) is 30.3 Å². The van der Waals surface area contributed by atoms with E-state index in [1.54, 1.807) is 25.4 Å². The molecule has 1 amide bonds. The molecule has 0 saturated heterocycles. The molecule has 0 spiro atoms. The van der Waals surface area contributed by atoms with E-state index in [4.69, 9.17) is 20.4 Å². The summed E-state index contributed by atoms with van der Waals surface area (Å²) in [5, 5.41) is 7.12. The Kier molecular flexibility index (Phi) is 9.23. The number of amides is 1. The normalized spacial score (nSPS) is 16.8. The molecule has 12 heteroatoms. The lowest BCUT2D eigenvalue weighted by molar-refractivity contribution is -0.192. The molecular weight excluding hydrogens is 520 g/mol. The minimum absolute atomic E-state index is 0.180. The highest BCUT2D eigenvalue weighted by molar-refractivity contribution is 6.07. The predicted octanol–water partition coefficient (Wildman–Crippen LogP) is 4.09. The fourth-order valence-electron chi connectivity index (χ4n) is 4.00. The molecule has 1 atom stereocenters. The van der Waals surface area contributed by atoms with Crippen LogP contribution in [0.15, 0.2) is 78.0 Å². The van der Waals surface area contributed by atoms with Crippen LogP contribution in [0, 0.1) is 5.82 Å². The predicted molar refractivity (Wildman–Crippen MR) is 134 cm³/mol. The Morgan fingerprint density at radius 3 is 2.26 bits per heavy atom. The maximum Gasteiger partial charge on any atom is 0.490 e. The van der Waals surface area contributed by atoms with Gasteiger partial charge >= 0.3 is 12.1 Å². The third-order valence-corrected chi connectivity index (χ3v) is 5.93. The summed E-state index contributed by atoms with van der Waals surface area (Å²) in [7, 11) is 1.60. The van der Waals surface area contributed by atoms with Gasteiger partial charge in [0.2, 0.25) is 0 Å². The van der Waals surface area contributed by atoms with Crippen molar-refractivity contribution >= 4 is 17.8 Å². The fraction of sp³-hybridized carbons (Fsp3) is 0.259. The number of carbonyl (C=O) groups excluding carboxylic acids is 1. The Morgan fingerprint density at radius 2 is 1.72 bits per heavy atom. The topological polar surface area (TPSA) is 118 Å². The molecule has 1 unspecified atom stereocenters. The Labute approximate surface area is 221 Å². The molecule has 0 radical (unpaired) electrons. The number of pyridine rings is 1. The number of aromatic nitrogens is 1. The van der Waals surface area contributed by atoms with Crippen molar-refractivity contribution in [3.8, 4) is 5.75 Å². The van der Waals surface area contributed by atoms with Crippen LogP contribution in [-0.4, -0.2) is 52.7 Å². The number of alkyl halides is 3. The highest BCUT2D eigenvalue weighted by atomic mass is 19.4. The van der Waals surface area contributed by atoms with E-state index in [0.717, 1.165) is 29.7 Å². The first-order chi connectivity index (χ1) is 18.5. The summed E-state index contributed by atoms with van der Waals surface area (Å²) >= 11 is 0. The fourth-order valence-corrected chi connectivity index (χ4v) is 4.00. The number of carboxylic acids is 1. The van der Waals surface area contributed by atoms with E-state index in [0.29, 0.717) is 18.5 Å². The number of hydrogen-bond acceptors (Lipinski definition) is 6. The number of ether oxygens (including phenoxy) is 1. The summed E-state index contributed by atoms with van der Waals surface area (Å²) in [6.07, 6.45) is 0.258. The molecule has 2 aromatic carbocycles. The van der Waals surface area contributed by atoms with Gasteiger partial charge in [-0.05, 0) is 59.9 Å². The first-order valence-corrected chi connectivity index (χ1v) is 11.7. The molecule has 0 saturated carbocycles. The first-order valence-electron chi connectivity index (χ1n) is 11.7. The van der Waals surface area contributed by atoms with E-state index in [1.165, 1.54) is 17.0 Å². The molecule has 1 aromatic heterocycles. The second-order valence-corrected chi connectivity index (χ2v) is 8.59. The number of aryl methyl sites for hydroxylation is 1. The van der Waals surface area contributed by atoms with E-state index >= 15 is 0 Å². The Morgan fingerprint density at radius 1 is 1.08 bits per heavy atom. The highest BCUT2D eigenvalue weighted by Crippen LogP contribution is 2.37. The average molecular weight is 547 g/mol. The molecule has 0 aliphatic carbocycles. The minimum atomic E-state index is -5.08. The number of aliphatic carboxylic acids is 1. The number of nitrogens with two attached hydrogens (primary N) is 1. The van der Waals surface area contributed by atoms with E-state index in [-0.39, 0.29) is 17.7 Å². The van der Waals surface area contributed by atoms with Crippen molar-refractivity contribution in [2.24, 2.45) is 10.7 Å². The van der Waals surface area contributed by atoms with Crippen LogP contribution >= 0.6 is 0 Å². The van der Waals surface area contributed by atoms with Gasteiger partial charge < -0.3 is 15.6 Å². The smallest absolute Gasteiger partial charge is 0.490 e. The Balaban J connectivity index is 0.000000532. The molecule has 3 aromatic rings. The third kappa shape index (κ3) is 7.30. The van der Waals surface area contributed by atoms with Crippen molar-refractivity contribution in [3.05, 3.63) is 95.6 Å². The van der Waals surface area contributed by atoms with E-state index in [2.05, 4.69) is 9.98 Å². The second-order valence-electron chi connectivity index (χ2n) is 8.59. The molecule has 3 N–H and O–H groups in total. The van der Waals surface area contributed by atoms with Gasteiger partial charge in [0.1, 0.15) is 11.6 Å². The summed E-state index contributed by atoms with van der Waals surface area (Å²) in [6, 6.07) is 17.3. The largest absolute Gasteiger partial charge is 0.497 e. The average Bonchev–Trinajstić information content (AvgIpc) is 3.14. The lowest BCUT2D eigenvalue weighted by Crippen LogP contribution is -2.44. The quantitative estimate of drug-likeness (QED) is 0.411. The van der Waals surface area contributed by atoms with Crippen molar-refractivity contribution in [1.82, 2.24) is 9.88 Å². The highest BCUT2D eigenvalue weighted by Gasteiger charge is 2.49. The van der Waals surface area contributed by atoms with Crippen LogP contribution in [0.25, 0.3) is 0 Å². The monoisotopic (exact) mass is 546 g/mol. The lowest BCUT2D eigenvalue weighted by atomic mass is 9.83. The van der Waals surface area contributed by atoms with Crippen molar-refractivity contribution < 1.29 is 37.0 Å². The van der Waals surface area contributed by atoms with E-state index in [1.807, 2.05) is 42.6 Å². The van der Waals surface area contributed by atoms with Crippen molar-refractivity contribution in [3.63, 3.8) is 0 Å². The molecule has 0 bridgehead atoms. The van der Waals surface area contributed by atoms with Gasteiger partial charge in [-0.15, -0.1) is 0 Å². The molecule has 2 heterocycles. The van der Waals surface area contributed by atoms with Crippen LogP contribution in [0.1, 0.15) is 23.1 Å². The van der Waals surface area contributed by atoms with Crippen LogP contribution in [0.2, 0.25) is 0 Å². The molecule has 4 rings (SSSR count). The van der Waals surface area contributed by atoms with Gasteiger partial charge in [-0.2, -0.15) is 13.2 Å². The van der Waals surface area contributed by atoms with Crippen LogP contribution in [0.4, 0.5) is 17.6 Å². The van der Waals surface area contributed by atoms with Gasteiger partial charge in [0, 0.05) is 25.4 Å². The number of carboxylic acid groups (broad SMARTS) is 1. The summed E-state index contributed by atoms with van der Waals surface area (Å²) in [4.78, 5) is 32.9. The minimum Gasteiger partial charge on any atom is -0.497 e. The van der Waals surface area contributed by atoms with Crippen molar-refractivity contribution in [2.45, 2.75) is 31.0 Å². The molecule has 39 heavy (non-hydrogen) atoms. The maximum atomic E-state index is 13.7. The zero-order chi connectivity index (χ0) is 28.6. The number of guanidine groups is 1. The summed E-state index contributed by atoms with van der Waals surface area (Å²) in [5.41, 5.74) is 7.61. The molecule has 206 valence electrons. The second kappa shape index (κ2) is 12.4. The molecule has 0 fully saturated rings. The number of hydrogen-bond donors (Lipinski definition) is 2. The van der Waals surface area contributed by atoms with Crippen LogP contribution in [-0.2, 0) is 28.0 Å². The number of nitrogens with zero attached hydrogens (tertiary/aromatic N) is 3. The van der Waals surface area contributed by atoms with E-state index in [9.17, 15) is 22.4 Å². The van der Waals surface area contributed by atoms with E-state index < -0.39 is 17.7 Å².